The van der Waals surface area contributed by atoms with Crippen LogP contribution in [0, 0.1) is 0 Å². The lowest BCUT2D eigenvalue weighted by Gasteiger charge is -2.21. The highest BCUT2D eigenvalue weighted by Crippen LogP contribution is 2.49. The van der Waals surface area contributed by atoms with Crippen molar-refractivity contribution in [2.75, 3.05) is 5.73 Å². The van der Waals surface area contributed by atoms with Crippen LogP contribution in [-0.4, -0.2) is 14.8 Å². The summed E-state index contributed by atoms with van der Waals surface area (Å²) in [4.78, 5) is 5.39. The summed E-state index contributed by atoms with van der Waals surface area (Å²) >= 11 is 0. The zero-order chi connectivity index (χ0) is 45.7. The Hall–Kier alpha value is -8.47. The lowest BCUT2D eigenvalue weighted by molar-refractivity contribution is 0.660. The molecule has 2 aliphatic rings. The monoisotopic (exact) mass is 872 g/mol. The Balaban J connectivity index is 0.906. The molecule has 0 fully saturated rings. The van der Waals surface area contributed by atoms with Gasteiger partial charge in [0.1, 0.15) is 0 Å². The molecule has 2 heterocycles. The van der Waals surface area contributed by atoms with E-state index in [2.05, 4.69) is 224 Å². The zero-order valence-corrected chi connectivity index (χ0v) is 38.2. The normalized spacial score (nSPS) is 13.9. The highest BCUT2D eigenvalue weighted by Gasteiger charge is 2.35. The lowest BCUT2D eigenvalue weighted by Crippen LogP contribution is -2.14. The molecule has 0 saturated carbocycles. The molecule has 0 radical (unpaired) electrons. The van der Waals surface area contributed by atoms with E-state index in [0.717, 1.165) is 62.7 Å². The second-order valence-corrected chi connectivity index (χ2v) is 18.9. The molecule has 0 aliphatic heterocycles. The first kappa shape index (κ1) is 39.9. The van der Waals surface area contributed by atoms with Gasteiger partial charge >= 0.3 is 0 Å². The van der Waals surface area contributed by atoms with Crippen LogP contribution in [0.3, 0.4) is 0 Å². The molecular formula is C64H48N4. The molecule has 0 unspecified atom stereocenters. The Bertz CT molecular complexity index is 3950. The Morgan fingerprint density at radius 3 is 2.01 bits per heavy atom. The van der Waals surface area contributed by atoms with E-state index in [1.54, 1.807) is 0 Å². The molecule has 2 aliphatic carbocycles. The lowest BCUT2D eigenvalue weighted by atomic mass is 9.82. The molecule has 4 heteroatoms. The largest absolute Gasteiger partial charge is 0.398 e. The van der Waals surface area contributed by atoms with Crippen molar-refractivity contribution in [2.45, 2.75) is 32.1 Å². The molecule has 11 aromatic rings. The van der Waals surface area contributed by atoms with Crippen molar-refractivity contribution in [2.24, 2.45) is 4.99 Å². The summed E-state index contributed by atoms with van der Waals surface area (Å²) in [6.07, 6.45) is 6.70. The number of nitrogens with two attached hydrogens (primary N) is 1. The number of anilines is 1. The summed E-state index contributed by atoms with van der Waals surface area (Å²) in [5.41, 5.74) is 28.1. The Labute approximate surface area is 396 Å². The SMILES string of the molecule is C=C(N=C(c1ccc(-n2c3ccccc3c3cc(-c4ccc5c(c4)c4c(n5-c5ccccc5)C=CCC4)ccc32)cc1)c1ccc2ccccc2c1N)c1ccc2c(c1)-c1ccccc1C2(C)C. The molecule has 13 rings (SSSR count). The topological polar surface area (TPSA) is 48.2 Å². The van der Waals surface area contributed by atoms with E-state index in [4.69, 9.17) is 10.7 Å². The van der Waals surface area contributed by atoms with E-state index in [-0.39, 0.29) is 5.41 Å². The molecular weight excluding hydrogens is 825 g/mol. The maximum absolute atomic E-state index is 7.08. The highest BCUT2D eigenvalue weighted by molar-refractivity contribution is 6.20. The maximum Gasteiger partial charge on any atom is 0.0802 e. The van der Waals surface area contributed by atoms with E-state index < -0.39 is 0 Å². The molecule has 2 N–H and O–H groups in total. The minimum Gasteiger partial charge on any atom is -0.398 e. The van der Waals surface area contributed by atoms with Crippen LogP contribution in [0.5, 0.6) is 0 Å². The van der Waals surface area contributed by atoms with E-state index in [9.17, 15) is 0 Å². The zero-order valence-electron chi connectivity index (χ0n) is 38.2. The third-order valence-electron chi connectivity index (χ3n) is 14.8. The van der Waals surface area contributed by atoms with E-state index >= 15 is 0 Å². The van der Waals surface area contributed by atoms with E-state index in [1.807, 2.05) is 12.1 Å². The number of nitrogen functional groups attached to an aromatic ring is 1. The molecule has 2 aromatic heterocycles. The summed E-state index contributed by atoms with van der Waals surface area (Å²) in [5.74, 6) is 0. The summed E-state index contributed by atoms with van der Waals surface area (Å²) in [6.45, 7) is 9.21. The van der Waals surface area contributed by atoms with Gasteiger partial charge in [-0.15, -0.1) is 0 Å². The fraction of sp³-hybridized carbons (Fsp3) is 0.0781. The quantitative estimate of drug-likeness (QED) is 0.126. The maximum atomic E-state index is 7.08. The first-order valence-corrected chi connectivity index (χ1v) is 23.7. The predicted molar refractivity (Wildman–Crippen MR) is 287 cm³/mol. The van der Waals surface area contributed by atoms with Crippen LogP contribution >= 0.6 is 0 Å². The molecule has 0 bridgehead atoms. The van der Waals surface area contributed by atoms with Crippen LogP contribution in [-0.2, 0) is 11.8 Å². The number of rotatable bonds is 7. The molecule has 0 spiro atoms. The number of allylic oxidation sites excluding steroid dienone is 1. The number of nitrogens with zero attached hydrogens (tertiary/aromatic N) is 3. The van der Waals surface area contributed by atoms with Gasteiger partial charge in [-0.25, -0.2) is 4.99 Å². The van der Waals surface area contributed by atoms with Crippen molar-refractivity contribution >= 4 is 66.7 Å². The van der Waals surface area contributed by atoms with Gasteiger partial charge in [0, 0.05) is 66.4 Å². The van der Waals surface area contributed by atoms with Crippen molar-refractivity contribution in [1.29, 1.82) is 0 Å². The van der Waals surface area contributed by atoms with Crippen molar-refractivity contribution in [3.8, 4) is 33.6 Å². The van der Waals surface area contributed by atoms with E-state index in [0.29, 0.717) is 11.4 Å². The average Bonchev–Trinajstić information content (AvgIpc) is 3.98. The predicted octanol–water partition coefficient (Wildman–Crippen LogP) is 15.9. The highest BCUT2D eigenvalue weighted by atomic mass is 15.0. The number of aliphatic imine (C=N–C) groups is 1. The van der Waals surface area contributed by atoms with Gasteiger partial charge in [-0.05, 0) is 124 Å². The number of para-hydroxylation sites is 2. The van der Waals surface area contributed by atoms with Gasteiger partial charge in [-0.1, -0.05) is 160 Å². The Kier molecular flexibility index (Phi) is 8.97. The smallest absolute Gasteiger partial charge is 0.0802 e. The van der Waals surface area contributed by atoms with Crippen LogP contribution in [0.1, 0.15) is 59.3 Å². The van der Waals surface area contributed by atoms with Crippen LogP contribution in [0.2, 0.25) is 0 Å². The van der Waals surface area contributed by atoms with Crippen molar-refractivity contribution in [3.63, 3.8) is 0 Å². The summed E-state index contributed by atoms with van der Waals surface area (Å²) in [5, 5.41) is 5.86. The molecule has 0 atom stereocenters. The van der Waals surface area contributed by atoms with Crippen molar-refractivity contribution in [3.05, 3.63) is 246 Å². The standard InChI is InChI=1S/C64H48N4/c1-40(43-28-34-57-53(37-43)49-19-9-12-22-56(49)64(57,2)3)66-63(52-33-27-41-15-7-8-18-48(41)62(52)65)42-25-31-47(32-26-42)68-59-24-14-11-21-51(59)55-39-45(30-36-61(55)68)44-29-35-60-54(38-44)50-20-10-13-23-58(50)67(60)46-16-5-4-6-17-46/h4-9,11-19,21-39H,1,10,20,65H2,2-3H3. The van der Waals surface area contributed by atoms with Crippen molar-refractivity contribution < 1.29 is 0 Å². The Morgan fingerprint density at radius 1 is 0.544 bits per heavy atom. The number of aromatic nitrogens is 2. The van der Waals surface area contributed by atoms with Crippen LogP contribution in [0.4, 0.5) is 5.69 Å². The second-order valence-electron chi connectivity index (χ2n) is 18.9. The number of benzene rings is 9. The van der Waals surface area contributed by atoms with Gasteiger partial charge in [0.15, 0.2) is 0 Å². The second kappa shape index (κ2) is 15.3. The van der Waals surface area contributed by atoms with Crippen LogP contribution in [0.15, 0.2) is 212 Å². The number of hydrogen-bond acceptors (Lipinski definition) is 2. The third kappa shape index (κ3) is 6.11. The fourth-order valence-corrected chi connectivity index (χ4v) is 11.4. The summed E-state index contributed by atoms with van der Waals surface area (Å²) in [6, 6.07) is 70.2. The molecule has 4 nitrogen and oxygen atoms in total. The fourth-order valence-electron chi connectivity index (χ4n) is 11.4. The van der Waals surface area contributed by atoms with Crippen LogP contribution < -0.4 is 5.73 Å². The van der Waals surface area contributed by atoms with Gasteiger partial charge in [0.05, 0.1) is 28.0 Å². The number of fused-ring (bicyclic) bond motifs is 10. The van der Waals surface area contributed by atoms with Gasteiger partial charge in [-0.3, -0.25) is 0 Å². The van der Waals surface area contributed by atoms with Gasteiger partial charge < -0.3 is 14.9 Å². The van der Waals surface area contributed by atoms with Crippen LogP contribution in [0.25, 0.3) is 88.9 Å². The summed E-state index contributed by atoms with van der Waals surface area (Å²) < 4.78 is 4.80. The van der Waals surface area contributed by atoms with Gasteiger partial charge in [0.2, 0.25) is 0 Å². The minimum absolute atomic E-state index is 0.0798. The molecule has 68 heavy (non-hydrogen) atoms. The molecule has 9 aromatic carbocycles. The first-order valence-electron chi connectivity index (χ1n) is 23.7. The Morgan fingerprint density at radius 2 is 1.19 bits per heavy atom. The van der Waals surface area contributed by atoms with Crippen molar-refractivity contribution in [1.82, 2.24) is 9.13 Å². The minimum atomic E-state index is -0.0798. The average molecular weight is 873 g/mol. The molecule has 324 valence electrons. The molecule has 0 saturated heterocycles. The number of hydrogen-bond donors (Lipinski definition) is 1. The third-order valence-corrected chi connectivity index (χ3v) is 14.8. The number of aryl methyl sites for hydroxylation is 1. The molecule has 0 amide bonds. The first-order chi connectivity index (χ1) is 33.3. The van der Waals surface area contributed by atoms with Gasteiger partial charge in [0.25, 0.3) is 0 Å². The van der Waals surface area contributed by atoms with E-state index in [1.165, 1.54) is 72.0 Å². The van der Waals surface area contributed by atoms with Gasteiger partial charge in [-0.2, -0.15) is 0 Å². The summed E-state index contributed by atoms with van der Waals surface area (Å²) in [7, 11) is 0.